The second-order valence-electron chi connectivity index (χ2n) is 4.92. The highest BCUT2D eigenvalue weighted by Crippen LogP contribution is 2.43. The molecule has 3 nitrogen and oxygen atoms in total. The van der Waals surface area contributed by atoms with Crippen LogP contribution in [0.15, 0.2) is 29.2 Å². The van der Waals surface area contributed by atoms with Crippen molar-refractivity contribution in [2.24, 2.45) is 11.7 Å². The summed E-state index contributed by atoms with van der Waals surface area (Å²) in [5, 5.41) is 0. The monoisotopic (exact) mass is 253 g/mol. The van der Waals surface area contributed by atoms with Crippen LogP contribution in [0.4, 0.5) is 0 Å². The van der Waals surface area contributed by atoms with Crippen LogP contribution in [-0.2, 0) is 9.84 Å². The van der Waals surface area contributed by atoms with Crippen molar-refractivity contribution in [3.63, 3.8) is 0 Å². The van der Waals surface area contributed by atoms with Gasteiger partial charge < -0.3 is 5.73 Å². The van der Waals surface area contributed by atoms with E-state index in [1.807, 2.05) is 12.1 Å². The lowest BCUT2D eigenvalue weighted by Gasteiger charge is -2.42. The highest BCUT2D eigenvalue weighted by atomic mass is 32.2. The first kappa shape index (κ1) is 12.6. The molecule has 1 aromatic carbocycles. The molecule has 17 heavy (non-hydrogen) atoms. The molecule has 0 aliphatic heterocycles. The smallest absolute Gasteiger partial charge is 0.175 e. The van der Waals surface area contributed by atoms with Gasteiger partial charge in [0.25, 0.3) is 0 Å². The van der Waals surface area contributed by atoms with Crippen LogP contribution in [0.2, 0.25) is 0 Å². The molecule has 0 radical (unpaired) electrons. The summed E-state index contributed by atoms with van der Waals surface area (Å²) in [6, 6.07) is 7.55. The molecule has 3 unspecified atom stereocenters. The molecule has 2 N–H and O–H groups in total. The van der Waals surface area contributed by atoms with E-state index in [9.17, 15) is 8.42 Å². The summed E-state index contributed by atoms with van der Waals surface area (Å²) in [7, 11) is -3.09. The molecule has 1 saturated carbocycles. The normalized spacial score (nSPS) is 28.8. The van der Waals surface area contributed by atoms with Gasteiger partial charge >= 0.3 is 0 Å². The number of sulfone groups is 1. The van der Waals surface area contributed by atoms with E-state index >= 15 is 0 Å². The van der Waals surface area contributed by atoms with E-state index in [4.69, 9.17) is 5.73 Å². The maximum absolute atomic E-state index is 11.4. The van der Waals surface area contributed by atoms with Gasteiger partial charge in [-0.25, -0.2) is 8.42 Å². The second kappa shape index (κ2) is 4.42. The topological polar surface area (TPSA) is 60.2 Å². The summed E-state index contributed by atoms with van der Waals surface area (Å²) in [5.41, 5.74) is 7.18. The summed E-state index contributed by atoms with van der Waals surface area (Å²) in [4.78, 5) is 0.387. The van der Waals surface area contributed by atoms with E-state index in [1.54, 1.807) is 12.1 Å². The summed E-state index contributed by atoms with van der Waals surface area (Å²) < 4.78 is 22.7. The van der Waals surface area contributed by atoms with E-state index in [-0.39, 0.29) is 0 Å². The SMILES string of the molecule is CCC1C(N)CC1c1ccc(S(C)(=O)=O)cc1. The average molecular weight is 253 g/mol. The van der Waals surface area contributed by atoms with Gasteiger partial charge in [0.1, 0.15) is 0 Å². The molecule has 0 saturated heterocycles. The van der Waals surface area contributed by atoms with Gasteiger partial charge in [0, 0.05) is 12.3 Å². The molecule has 1 aliphatic carbocycles. The Morgan fingerprint density at radius 1 is 1.29 bits per heavy atom. The lowest BCUT2D eigenvalue weighted by atomic mass is 9.65. The summed E-state index contributed by atoms with van der Waals surface area (Å²) in [6.07, 6.45) is 3.33. The molecule has 0 bridgehead atoms. The minimum Gasteiger partial charge on any atom is -0.327 e. The molecule has 94 valence electrons. The molecule has 4 heteroatoms. The molecule has 2 rings (SSSR count). The molecule has 0 amide bonds. The van der Waals surface area contributed by atoms with Gasteiger partial charge in [-0.05, 0) is 36.0 Å². The number of rotatable bonds is 3. The third-order valence-electron chi connectivity index (χ3n) is 3.80. The zero-order valence-electron chi connectivity index (χ0n) is 10.3. The third kappa shape index (κ3) is 2.38. The van der Waals surface area contributed by atoms with Gasteiger partial charge in [0.2, 0.25) is 0 Å². The minimum absolute atomic E-state index is 0.305. The summed E-state index contributed by atoms with van der Waals surface area (Å²) in [6.45, 7) is 2.15. The van der Waals surface area contributed by atoms with Gasteiger partial charge in [0.05, 0.1) is 4.90 Å². The first-order chi connectivity index (χ1) is 7.93. The van der Waals surface area contributed by atoms with Crippen molar-refractivity contribution in [2.75, 3.05) is 6.26 Å². The van der Waals surface area contributed by atoms with Crippen molar-refractivity contribution < 1.29 is 8.42 Å². The van der Waals surface area contributed by atoms with Gasteiger partial charge in [-0.15, -0.1) is 0 Å². The number of benzene rings is 1. The molecule has 0 heterocycles. The fourth-order valence-electron chi connectivity index (χ4n) is 2.68. The minimum atomic E-state index is -3.09. The van der Waals surface area contributed by atoms with Crippen molar-refractivity contribution in [1.82, 2.24) is 0 Å². The lowest BCUT2D eigenvalue weighted by Crippen LogP contribution is -2.45. The zero-order valence-corrected chi connectivity index (χ0v) is 11.1. The predicted molar refractivity (Wildman–Crippen MR) is 68.7 cm³/mol. The average Bonchev–Trinajstić information content (AvgIpc) is 2.25. The van der Waals surface area contributed by atoms with Crippen LogP contribution in [0.3, 0.4) is 0 Å². The fraction of sp³-hybridized carbons (Fsp3) is 0.538. The van der Waals surface area contributed by atoms with Gasteiger partial charge in [-0.1, -0.05) is 25.5 Å². The Balaban J connectivity index is 2.20. The molecule has 3 atom stereocenters. The maximum Gasteiger partial charge on any atom is 0.175 e. The summed E-state index contributed by atoms with van der Waals surface area (Å²) >= 11 is 0. The maximum atomic E-state index is 11.4. The van der Waals surface area contributed by atoms with E-state index < -0.39 is 9.84 Å². The molecular weight excluding hydrogens is 234 g/mol. The van der Waals surface area contributed by atoms with Crippen LogP contribution < -0.4 is 5.73 Å². The highest BCUT2D eigenvalue weighted by Gasteiger charge is 2.37. The molecule has 1 aromatic rings. The Bertz CT molecular complexity index is 493. The van der Waals surface area contributed by atoms with Gasteiger partial charge in [0.15, 0.2) is 9.84 Å². The van der Waals surface area contributed by atoms with Gasteiger partial charge in [-0.2, -0.15) is 0 Å². The fourth-order valence-corrected chi connectivity index (χ4v) is 3.31. The van der Waals surface area contributed by atoms with Crippen molar-refractivity contribution in [3.05, 3.63) is 29.8 Å². The number of hydrogen-bond acceptors (Lipinski definition) is 3. The number of nitrogens with two attached hydrogens (primary N) is 1. The van der Waals surface area contributed by atoms with Crippen LogP contribution in [0.1, 0.15) is 31.2 Å². The zero-order chi connectivity index (χ0) is 12.6. The Kier molecular flexibility index (Phi) is 3.27. The van der Waals surface area contributed by atoms with Crippen molar-refractivity contribution in [3.8, 4) is 0 Å². The Labute approximate surface area is 103 Å². The van der Waals surface area contributed by atoms with Crippen LogP contribution in [0, 0.1) is 5.92 Å². The molecule has 0 spiro atoms. The standard InChI is InChI=1S/C13H19NO2S/c1-3-11-12(8-13(11)14)9-4-6-10(7-5-9)17(2,15)16/h4-7,11-13H,3,8,14H2,1-2H3. The third-order valence-corrected chi connectivity index (χ3v) is 4.93. The first-order valence-corrected chi connectivity index (χ1v) is 7.88. The molecule has 1 aliphatic rings. The summed E-state index contributed by atoms with van der Waals surface area (Å²) in [5.74, 6) is 1.04. The molecule has 1 fully saturated rings. The van der Waals surface area contributed by atoms with Crippen LogP contribution in [0.5, 0.6) is 0 Å². The second-order valence-corrected chi connectivity index (χ2v) is 6.94. The van der Waals surface area contributed by atoms with Gasteiger partial charge in [-0.3, -0.25) is 0 Å². The van der Waals surface area contributed by atoms with E-state index in [0.717, 1.165) is 12.8 Å². The van der Waals surface area contributed by atoms with E-state index in [0.29, 0.717) is 22.8 Å². The van der Waals surface area contributed by atoms with Crippen molar-refractivity contribution >= 4 is 9.84 Å². The molecule has 0 aromatic heterocycles. The van der Waals surface area contributed by atoms with E-state index in [2.05, 4.69) is 6.92 Å². The van der Waals surface area contributed by atoms with E-state index in [1.165, 1.54) is 11.8 Å². The first-order valence-electron chi connectivity index (χ1n) is 5.99. The van der Waals surface area contributed by atoms with Crippen molar-refractivity contribution in [2.45, 2.75) is 36.6 Å². The highest BCUT2D eigenvalue weighted by molar-refractivity contribution is 7.90. The van der Waals surface area contributed by atoms with Crippen LogP contribution in [-0.4, -0.2) is 20.7 Å². The van der Waals surface area contributed by atoms with Crippen molar-refractivity contribution in [1.29, 1.82) is 0 Å². The molecular formula is C13H19NO2S. The predicted octanol–water partition coefficient (Wildman–Crippen LogP) is 1.93. The largest absolute Gasteiger partial charge is 0.327 e. The number of hydrogen-bond donors (Lipinski definition) is 1. The van der Waals surface area contributed by atoms with Crippen LogP contribution >= 0.6 is 0 Å². The lowest BCUT2D eigenvalue weighted by molar-refractivity contribution is 0.198. The quantitative estimate of drug-likeness (QED) is 0.895. The Morgan fingerprint density at radius 2 is 1.88 bits per heavy atom. The Hall–Kier alpha value is -0.870. The Morgan fingerprint density at radius 3 is 2.29 bits per heavy atom. The van der Waals surface area contributed by atoms with Crippen LogP contribution in [0.25, 0.3) is 0 Å².